The van der Waals surface area contributed by atoms with Crippen LogP contribution in [0.2, 0.25) is 0 Å². The lowest BCUT2D eigenvalue weighted by Gasteiger charge is -1.92. The monoisotopic (exact) mass is 170 g/mol. The topological polar surface area (TPSA) is 78.8 Å². The van der Waals surface area contributed by atoms with Gasteiger partial charge in [-0.15, -0.1) is 0 Å². The summed E-state index contributed by atoms with van der Waals surface area (Å²) in [4.78, 5) is 24.6. The van der Waals surface area contributed by atoms with Gasteiger partial charge in [-0.25, -0.2) is 4.79 Å². The maximum atomic E-state index is 10.5. The zero-order valence-electron chi connectivity index (χ0n) is 6.73. The molecule has 0 aliphatic rings. The molecule has 0 unspecified atom stereocenters. The number of hydrogen-bond acceptors (Lipinski definition) is 5. The fourth-order valence-corrected chi connectivity index (χ4v) is 0.303. The van der Waals surface area contributed by atoms with E-state index in [9.17, 15) is 14.7 Å². The zero-order valence-corrected chi connectivity index (χ0v) is 6.73. The van der Waals surface area contributed by atoms with Gasteiger partial charge >= 0.3 is 5.97 Å². The summed E-state index contributed by atoms with van der Waals surface area (Å²) in [6.07, 6.45) is 1.30. The van der Waals surface area contributed by atoms with Gasteiger partial charge in [-0.05, 0) is 19.9 Å². The Balaban J connectivity index is 3.91. The summed E-state index contributed by atoms with van der Waals surface area (Å²) in [5, 5.41) is 13.1. The number of carboxylic acid groups (broad SMARTS) is 1. The van der Waals surface area contributed by atoms with Crippen LogP contribution < -0.4 is 5.11 Å². The van der Waals surface area contributed by atoms with Crippen molar-refractivity contribution in [2.24, 2.45) is 5.16 Å². The highest BCUT2D eigenvalue weighted by atomic mass is 16.7. The molecule has 0 heterocycles. The van der Waals surface area contributed by atoms with E-state index in [1.807, 2.05) is 0 Å². The van der Waals surface area contributed by atoms with Gasteiger partial charge in [0.1, 0.15) is 0 Å². The molecule has 0 aliphatic carbocycles. The summed E-state index contributed by atoms with van der Waals surface area (Å²) in [6.45, 7) is 3.27. The third-order valence-electron chi connectivity index (χ3n) is 0.674. The molecule has 5 nitrogen and oxygen atoms in total. The molecule has 5 heteroatoms. The van der Waals surface area contributed by atoms with Gasteiger partial charge in [-0.2, -0.15) is 0 Å². The van der Waals surface area contributed by atoms with Gasteiger partial charge in [0.05, 0.1) is 11.7 Å². The van der Waals surface area contributed by atoms with Crippen LogP contribution in [0.25, 0.3) is 0 Å². The van der Waals surface area contributed by atoms with Crippen molar-refractivity contribution in [1.29, 1.82) is 0 Å². The second-order valence-electron chi connectivity index (χ2n) is 2.10. The van der Waals surface area contributed by atoms with E-state index < -0.39 is 11.9 Å². The van der Waals surface area contributed by atoms with Crippen LogP contribution in [0, 0.1) is 0 Å². The van der Waals surface area contributed by atoms with Gasteiger partial charge in [-0.3, -0.25) is 0 Å². The predicted octanol–water partition coefficient (Wildman–Crippen LogP) is -0.768. The second kappa shape index (κ2) is 5.06. The number of oxime groups is 1. The summed E-state index contributed by atoms with van der Waals surface area (Å²) in [5.74, 6) is -2.30. The lowest BCUT2D eigenvalue weighted by molar-refractivity contribution is -0.297. The maximum Gasteiger partial charge on any atom is 0.358 e. The average Bonchev–Trinajstić information content (AvgIpc) is 1.96. The standard InChI is InChI=1S/C7H9NO4/c1-5(2)8-12-7(11)4-3-6(9)10/h3-4H,1-2H3,(H,9,10)/p-1/b4-3-. The van der Waals surface area contributed by atoms with Crippen molar-refractivity contribution in [3.05, 3.63) is 12.2 Å². The lowest BCUT2D eigenvalue weighted by atomic mass is 10.5. The van der Waals surface area contributed by atoms with Crippen molar-refractivity contribution < 1.29 is 19.5 Å². The van der Waals surface area contributed by atoms with Crippen LogP contribution in [0.5, 0.6) is 0 Å². The molecule has 0 aromatic carbocycles. The largest absolute Gasteiger partial charge is 0.545 e. The van der Waals surface area contributed by atoms with Crippen LogP contribution >= 0.6 is 0 Å². The Kier molecular flexibility index (Phi) is 4.36. The van der Waals surface area contributed by atoms with E-state index >= 15 is 0 Å². The molecular weight excluding hydrogens is 162 g/mol. The fourth-order valence-electron chi connectivity index (χ4n) is 0.303. The molecule has 0 radical (unpaired) electrons. The first-order chi connectivity index (χ1) is 5.52. The van der Waals surface area contributed by atoms with Gasteiger partial charge < -0.3 is 14.7 Å². The zero-order chi connectivity index (χ0) is 9.56. The van der Waals surface area contributed by atoms with E-state index in [0.29, 0.717) is 11.8 Å². The van der Waals surface area contributed by atoms with Crippen molar-refractivity contribution >= 4 is 17.7 Å². The van der Waals surface area contributed by atoms with Crippen LogP contribution in [0.4, 0.5) is 0 Å². The summed E-state index contributed by atoms with van der Waals surface area (Å²) >= 11 is 0. The molecule has 0 atom stereocenters. The summed E-state index contributed by atoms with van der Waals surface area (Å²) in [5.41, 5.74) is 0.560. The van der Waals surface area contributed by atoms with Crippen LogP contribution in [0.3, 0.4) is 0 Å². The summed E-state index contributed by atoms with van der Waals surface area (Å²) in [6, 6.07) is 0. The summed E-state index contributed by atoms with van der Waals surface area (Å²) in [7, 11) is 0. The number of carbonyl (C=O) groups is 2. The number of rotatable bonds is 3. The van der Waals surface area contributed by atoms with E-state index in [0.717, 1.165) is 6.08 Å². The molecule has 0 bridgehead atoms. The van der Waals surface area contributed by atoms with Crippen LogP contribution in [-0.2, 0) is 14.4 Å². The molecule has 0 N–H and O–H groups in total. The van der Waals surface area contributed by atoms with Crippen molar-refractivity contribution in [2.75, 3.05) is 0 Å². The molecule has 0 aromatic rings. The number of carboxylic acids is 1. The van der Waals surface area contributed by atoms with Crippen LogP contribution in [0.15, 0.2) is 17.3 Å². The van der Waals surface area contributed by atoms with Gasteiger partial charge in [-0.1, -0.05) is 5.16 Å². The maximum absolute atomic E-state index is 10.5. The molecule has 66 valence electrons. The second-order valence-corrected chi connectivity index (χ2v) is 2.10. The fraction of sp³-hybridized carbons (Fsp3) is 0.286. The minimum absolute atomic E-state index is 0.560. The Morgan fingerprint density at radius 3 is 2.33 bits per heavy atom. The smallest absolute Gasteiger partial charge is 0.358 e. The highest BCUT2D eigenvalue weighted by molar-refractivity contribution is 5.90. The van der Waals surface area contributed by atoms with Gasteiger partial charge in [0.2, 0.25) is 0 Å². The highest BCUT2D eigenvalue weighted by Gasteiger charge is 1.93. The first-order valence-electron chi connectivity index (χ1n) is 3.13. The van der Waals surface area contributed by atoms with Crippen molar-refractivity contribution in [3.8, 4) is 0 Å². The van der Waals surface area contributed by atoms with Crippen molar-refractivity contribution in [1.82, 2.24) is 0 Å². The number of hydrogen-bond donors (Lipinski definition) is 0. The van der Waals surface area contributed by atoms with E-state index in [1.165, 1.54) is 0 Å². The molecule has 0 amide bonds. The summed E-state index contributed by atoms with van der Waals surface area (Å²) < 4.78 is 0. The average molecular weight is 170 g/mol. The minimum Gasteiger partial charge on any atom is -0.545 e. The molecule has 12 heavy (non-hydrogen) atoms. The number of nitrogens with zero attached hydrogens (tertiary/aromatic N) is 1. The van der Waals surface area contributed by atoms with E-state index in [2.05, 4.69) is 9.99 Å². The Labute approximate surface area is 69.3 Å². The normalized spacial score (nSPS) is 9.50. The lowest BCUT2D eigenvalue weighted by Crippen LogP contribution is -2.19. The number of carbonyl (C=O) groups excluding carboxylic acids is 2. The van der Waals surface area contributed by atoms with E-state index in [-0.39, 0.29) is 0 Å². The van der Waals surface area contributed by atoms with E-state index in [4.69, 9.17) is 0 Å². The molecule has 0 saturated carbocycles. The van der Waals surface area contributed by atoms with Crippen molar-refractivity contribution in [3.63, 3.8) is 0 Å². The van der Waals surface area contributed by atoms with Gasteiger partial charge in [0.25, 0.3) is 0 Å². The molecule has 0 fully saturated rings. The SMILES string of the molecule is CC(C)=NOC(=O)/C=C\C(=O)[O-]. The van der Waals surface area contributed by atoms with Gasteiger partial charge in [0.15, 0.2) is 0 Å². The highest BCUT2D eigenvalue weighted by Crippen LogP contribution is 1.84. The predicted molar refractivity (Wildman–Crippen MR) is 39.0 cm³/mol. The van der Waals surface area contributed by atoms with Crippen LogP contribution in [0.1, 0.15) is 13.8 Å². The minimum atomic E-state index is -1.45. The Hall–Kier alpha value is -1.65. The molecule has 0 saturated heterocycles. The van der Waals surface area contributed by atoms with Crippen LogP contribution in [-0.4, -0.2) is 17.7 Å². The molecule has 0 rings (SSSR count). The van der Waals surface area contributed by atoms with Gasteiger partial charge in [0, 0.05) is 6.08 Å². The Morgan fingerprint density at radius 1 is 1.33 bits per heavy atom. The molecule has 0 aromatic heterocycles. The Bertz CT molecular complexity index is 238. The van der Waals surface area contributed by atoms with Crippen molar-refractivity contribution in [2.45, 2.75) is 13.8 Å². The first-order valence-corrected chi connectivity index (χ1v) is 3.13. The molecular formula is C7H8NO4-. The molecule has 0 aliphatic heterocycles. The quantitative estimate of drug-likeness (QED) is 0.241. The Morgan fingerprint density at radius 2 is 1.92 bits per heavy atom. The van der Waals surface area contributed by atoms with E-state index in [1.54, 1.807) is 13.8 Å². The third-order valence-corrected chi connectivity index (χ3v) is 0.674. The molecule has 0 spiro atoms. The first kappa shape index (κ1) is 10.3. The third kappa shape index (κ3) is 6.47. The number of aliphatic carboxylic acids is 1.